The number of aromatic nitrogens is 1. The van der Waals surface area contributed by atoms with Crippen molar-refractivity contribution in [1.82, 2.24) is 4.98 Å². The predicted octanol–water partition coefficient (Wildman–Crippen LogP) is 5.54. The van der Waals surface area contributed by atoms with Gasteiger partial charge in [-0.25, -0.2) is 0 Å². The minimum atomic E-state index is 0.516. The van der Waals surface area contributed by atoms with Crippen LogP contribution in [0.2, 0.25) is 0 Å². The van der Waals surface area contributed by atoms with Crippen molar-refractivity contribution in [1.29, 1.82) is 0 Å². The van der Waals surface area contributed by atoms with E-state index in [1.165, 1.54) is 16.7 Å². The van der Waals surface area contributed by atoms with Crippen LogP contribution < -0.4 is 0 Å². The van der Waals surface area contributed by atoms with E-state index in [0.717, 1.165) is 11.3 Å². The van der Waals surface area contributed by atoms with Crippen LogP contribution in [-0.4, -0.2) is 4.98 Å². The third-order valence-corrected chi connectivity index (χ3v) is 3.72. The van der Waals surface area contributed by atoms with Gasteiger partial charge in [0.1, 0.15) is 0 Å². The van der Waals surface area contributed by atoms with Crippen molar-refractivity contribution in [3.8, 4) is 22.4 Å². The molecule has 0 radical (unpaired) electrons. The van der Waals surface area contributed by atoms with Gasteiger partial charge in [0, 0.05) is 11.8 Å². The maximum Gasteiger partial charge on any atom is 0.0702 e. The molecule has 0 aliphatic carbocycles. The summed E-state index contributed by atoms with van der Waals surface area (Å²) in [5, 5.41) is 0. The molecule has 21 heavy (non-hydrogen) atoms. The summed E-state index contributed by atoms with van der Waals surface area (Å²) in [5.41, 5.74) is 5.92. The molecule has 1 nitrogen and oxygen atoms in total. The van der Waals surface area contributed by atoms with Gasteiger partial charge in [-0.2, -0.15) is 0 Å². The first-order chi connectivity index (χ1) is 10.2. The van der Waals surface area contributed by atoms with Crippen molar-refractivity contribution in [3.63, 3.8) is 0 Å². The van der Waals surface area contributed by atoms with Gasteiger partial charge >= 0.3 is 0 Å². The zero-order valence-corrected chi connectivity index (χ0v) is 12.5. The fourth-order valence-electron chi connectivity index (χ4n) is 2.41. The number of hydrogen-bond acceptors (Lipinski definition) is 1. The van der Waals surface area contributed by atoms with Gasteiger partial charge < -0.3 is 0 Å². The molecule has 0 aliphatic rings. The number of nitrogens with zero attached hydrogens (tertiary/aromatic N) is 1. The van der Waals surface area contributed by atoms with Crippen LogP contribution in [0.5, 0.6) is 0 Å². The monoisotopic (exact) mass is 273 g/mol. The van der Waals surface area contributed by atoms with Gasteiger partial charge in [-0.05, 0) is 34.7 Å². The summed E-state index contributed by atoms with van der Waals surface area (Å²) in [5.74, 6) is 0.516. The SMILES string of the molecule is CC(C)c1ccc(-c2cccc(-c3ccccc3)c2)nc1. The second kappa shape index (κ2) is 5.92. The van der Waals surface area contributed by atoms with E-state index in [4.69, 9.17) is 0 Å². The molecule has 0 saturated heterocycles. The number of pyridine rings is 1. The zero-order valence-electron chi connectivity index (χ0n) is 12.5. The molecule has 0 saturated carbocycles. The van der Waals surface area contributed by atoms with Crippen LogP contribution >= 0.6 is 0 Å². The molecule has 0 fully saturated rings. The molecule has 0 bridgehead atoms. The quantitative estimate of drug-likeness (QED) is 0.610. The maximum atomic E-state index is 4.60. The van der Waals surface area contributed by atoms with Crippen molar-refractivity contribution < 1.29 is 0 Å². The molecule has 3 aromatic rings. The zero-order chi connectivity index (χ0) is 14.7. The molecule has 1 heteroatoms. The first-order valence-corrected chi connectivity index (χ1v) is 7.36. The molecule has 1 aromatic heterocycles. The Morgan fingerprint density at radius 2 is 1.43 bits per heavy atom. The normalized spacial score (nSPS) is 10.8. The number of hydrogen-bond donors (Lipinski definition) is 0. The Balaban J connectivity index is 1.96. The Labute approximate surface area is 126 Å². The van der Waals surface area contributed by atoms with E-state index >= 15 is 0 Å². The Hall–Kier alpha value is -2.41. The first kappa shape index (κ1) is 13.6. The molecular formula is C20H19N. The Morgan fingerprint density at radius 3 is 2.10 bits per heavy atom. The van der Waals surface area contributed by atoms with Crippen molar-refractivity contribution in [2.75, 3.05) is 0 Å². The van der Waals surface area contributed by atoms with Gasteiger partial charge in [0.05, 0.1) is 5.69 Å². The van der Waals surface area contributed by atoms with Gasteiger partial charge in [-0.15, -0.1) is 0 Å². The lowest BCUT2D eigenvalue weighted by atomic mass is 10.0. The molecule has 1 heterocycles. The topological polar surface area (TPSA) is 12.9 Å². The van der Waals surface area contributed by atoms with Crippen LogP contribution in [0.4, 0.5) is 0 Å². The van der Waals surface area contributed by atoms with Gasteiger partial charge in [-0.3, -0.25) is 4.98 Å². The highest BCUT2D eigenvalue weighted by molar-refractivity contribution is 5.71. The molecule has 104 valence electrons. The standard InChI is InChI=1S/C20H19N/c1-15(2)19-11-12-20(21-14-19)18-10-6-9-17(13-18)16-7-4-3-5-8-16/h3-15H,1-2H3. The maximum absolute atomic E-state index is 4.60. The Bertz CT molecular complexity index is 712. The predicted molar refractivity (Wildman–Crippen MR) is 89.2 cm³/mol. The molecular weight excluding hydrogens is 254 g/mol. The smallest absolute Gasteiger partial charge is 0.0702 e. The van der Waals surface area contributed by atoms with Gasteiger partial charge in [-0.1, -0.05) is 68.4 Å². The summed E-state index contributed by atoms with van der Waals surface area (Å²) >= 11 is 0. The highest BCUT2D eigenvalue weighted by atomic mass is 14.7. The largest absolute Gasteiger partial charge is 0.256 e. The van der Waals surface area contributed by atoms with Crippen molar-refractivity contribution in [3.05, 3.63) is 78.5 Å². The molecule has 0 aliphatic heterocycles. The molecule has 0 atom stereocenters. The van der Waals surface area contributed by atoms with Crippen LogP contribution in [0.25, 0.3) is 22.4 Å². The third kappa shape index (κ3) is 3.03. The van der Waals surface area contributed by atoms with Crippen LogP contribution in [0, 0.1) is 0 Å². The highest BCUT2D eigenvalue weighted by Gasteiger charge is 2.04. The van der Waals surface area contributed by atoms with Crippen LogP contribution in [0.15, 0.2) is 72.9 Å². The van der Waals surface area contributed by atoms with E-state index in [-0.39, 0.29) is 0 Å². The van der Waals surface area contributed by atoms with Crippen molar-refractivity contribution >= 4 is 0 Å². The summed E-state index contributed by atoms with van der Waals surface area (Å²) in [7, 11) is 0. The summed E-state index contributed by atoms with van der Waals surface area (Å²) in [4.78, 5) is 4.60. The molecule has 0 N–H and O–H groups in total. The Morgan fingerprint density at radius 1 is 0.714 bits per heavy atom. The minimum Gasteiger partial charge on any atom is -0.256 e. The molecule has 0 unspecified atom stereocenters. The summed E-state index contributed by atoms with van der Waals surface area (Å²) in [6.07, 6.45) is 1.98. The highest BCUT2D eigenvalue weighted by Crippen LogP contribution is 2.25. The second-order valence-electron chi connectivity index (χ2n) is 5.58. The van der Waals surface area contributed by atoms with Crippen LogP contribution in [-0.2, 0) is 0 Å². The van der Waals surface area contributed by atoms with Crippen molar-refractivity contribution in [2.24, 2.45) is 0 Å². The minimum absolute atomic E-state index is 0.516. The number of rotatable bonds is 3. The fraction of sp³-hybridized carbons (Fsp3) is 0.150. The van der Waals surface area contributed by atoms with Crippen molar-refractivity contribution in [2.45, 2.75) is 19.8 Å². The summed E-state index contributed by atoms with van der Waals surface area (Å²) in [6.45, 7) is 4.37. The van der Waals surface area contributed by atoms with Gasteiger partial charge in [0.15, 0.2) is 0 Å². The van der Waals surface area contributed by atoms with Crippen LogP contribution in [0.3, 0.4) is 0 Å². The van der Waals surface area contributed by atoms with E-state index in [1.54, 1.807) is 0 Å². The number of benzene rings is 2. The van der Waals surface area contributed by atoms with E-state index in [2.05, 4.69) is 79.5 Å². The fourth-order valence-corrected chi connectivity index (χ4v) is 2.41. The molecule has 0 spiro atoms. The lowest BCUT2D eigenvalue weighted by Gasteiger charge is -2.08. The van der Waals surface area contributed by atoms with Gasteiger partial charge in [0.2, 0.25) is 0 Å². The van der Waals surface area contributed by atoms with Gasteiger partial charge in [0.25, 0.3) is 0 Å². The summed E-state index contributed by atoms with van der Waals surface area (Å²) in [6, 6.07) is 23.3. The third-order valence-electron chi connectivity index (χ3n) is 3.72. The van der Waals surface area contributed by atoms with E-state index in [0.29, 0.717) is 5.92 Å². The first-order valence-electron chi connectivity index (χ1n) is 7.36. The average molecular weight is 273 g/mol. The summed E-state index contributed by atoms with van der Waals surface area (Å²) < 4.78 is 0. The molecule has 3 rings (SSSR count). The second-order valence-corrected chi connectivity index (χ2v) is 5.58. The van der Waals surface area contributed by atoms with E-state index in [1.807, 2.05) is 12.3 Å². The van der Waals surface area contributed by atoms with Crippen LogP contribution in [0.1, 0.15) is 25.3 Å². The lowest BCUT2D eigenvalue weighted by molar-refractivity contribution is 0.859. The molecule has 2 aromatic carbocycles. The lowest BCUT2D eigenvalue weighted by Crippen LogP contribution is -1.90. The van der Waals surface area contributed by atoms with E-state index in [9.17, 15) is 0 Å². The van der Waals surface area contributed by atoms with E-state index < -0.39 is 0 Å². The average Bonchev–Trinajstić information content (AvgIpc) is 2.56. The molecule has 0 amide bonds. The Kier molecular flexibility index (Phi) is 3.83.